The number of aryl methyl sites for hydroxylation is 2. The number of nitrogens with two attached hydrogens (primary N) is 1. The first kappa shape index (κ1) is 21.8. The van der Waals surface area contributed by atoms with Crippen LogP contribution in [0.2, 0.25) is 0 Å². The number of thiophene rings is 1. The number of H-pyrrole nitrogens is 1. The van der Waals surface area contributed by atoms with Gasteiger partial charge in [-0.2, -0.15) is 5.10 Å². The number of likely N-dealkylation sites (tertiary alicyclic amines) is 1. The first-order valence-corrected chi connectivity index (χ1v) is 13.2. The quantitative estimate of drug-likeness (QED) is 0.443. The lowest BCUT2D eigenvalue weighted by Crippen LogP contribution is -2.39. The molecule has 1 amide bonds. The number of nitrogens with one attached hydrogen (secondary N) is 1. The molecule has 178 valence electrons. The largest absolute Gasteiger partial charge is 0.369 e. The third-order valence-corrected chi connectivity index (χ3v) is 9.15. The molecule has 0 radical (unpaired) electrons. The van der Waals surface area contributed by atoms with E-state index in [1.54, 1.807) is 6.33 Å². The van der Waals surface area contributed by atoms with Gasteiger partial charge in [-0.15, -0.1) is 11.3 Å². The van der Waals surface area contributed by atoms with E-state index in [1.807, 2.05) is 15.9 Å². The third-order valence-electron chi connectivity index (χ3n) is 7.78. The molecular formula is C26H32N6OS. The van der Waals surface area contributed by atoms with Crippen LogP contribution < -0.4 is 5.73 Å². The Balaban J connectivity index is 1.43. The lowest BCUT2D eigenvalue weighted by Gasteiger charge is -2.31. The van der Waals surface area contributed by atoms with Crippen molar-refractivity contribution in [2.75, 3.05) is 19.6 Å². The maximum Gasteiger partial charge on any atom is 0.231 e. The van der Waals surface area contributed by atoms with Crippen molar-refractivity contribution in [3.8, 4) is 11.3 Å². The molecule has 5 heterocycles. The van der Waals surface area contributed by atoms with Crippen LogP contribution in [0.3, 0.4) is 0 Å². The predicted molar refractivity (Wildman–Crippen MR) is 137 cm³/mol. The summed E-state index contributed by atoms with van der Waals surface area (Å²) in [7, 11) is 0. The summed E-state index contributed by atoms with van der Waals surface area (Å²) >= 11 is 1.93. The fraction of sp³-hybridized carbons (Fsp3) is 0.500. The number of aromatic nitrogens is 4. The Morgan fingerprint density at radius 3 is 2.76 bits per heavy atom. The van der Waals surface area contributed by atoms with Crippen LogP contribution in [0.25, 0.3) is 27.1 Å². The summed E-state index contributed by atoms with van der Waals surface area (Å²) in [5.41, 5.74) is 14.6. The van der Waals surface area contributed by atoms with Gasteiger partial charge in [0.25, 0.3) is 0 Å². The van der Waals surface area contributed by atoms with Crippen LogP contribution in [-0.4, -0.2) is 50.0 Å². The molecule has 6 rings (SSSR count). The molecule has 0 atom stereocenters. The predicted octanol–water partition coefficient (Wildman–Crippen LogP) is 4.52. The molecule has 34 heavy (non-hydrogen) atoms. The number of pyridine rings is 1. The number of fused-ring (bicyclic) bond motifs is 4. The van der Waals surface area contributed by atoms with Crippen LogP contribution in [-0.2, 0) is 17.6 Å². The monoisotopic (exact) mass is 476 g/mol. The van der Waals surface area contributed by atoms with Gasteiger partial charge in [0.05, 0.1) is 12.2 Å². The second kappa shape index (κ2) is 8.20. The molecule has 0 bridgehead atoms. The zero-order valence-electron chi connectivity index (χ0n) is 20.1. The minimum absolute atomic E-state index is 0.233. The molecule has 0 unspecified atom stereocenters. The van der Waals surface area contributed by atoms with E-state index in [0.717, 1.165) is 44.4 Å². The molecule has 1 saturated heterocycles. The number of aromatic amines is 1. The highest BCUT2D eigenvalue weighted by Crippen LogP contribution is 2.47. The molecule has 0 aromatic carbocycles. The number of rotatable bonds is 5. The Kier molecular flexibility index (Phi) is 5.26. The molecule has 2 aliphatic rings. The second-order valence-electron chi connectivity index (χ2n) is 10.3. The number of carbonyl (C=O) groups is 1. The van der Waals surface area contributed by atoms with Gasteiger partial charge in [-0.25, -0.2) is 9.50 Å². The Morgan fingerprint density at radius 1 is 1.26 bits per heavy atom. The molecule has 4 aromatic heterocycles. The van der Waals surface area contributed by atoms with Crippen LogP contribution in [0.5, 0.6) is 0 Å². The summed E-state index contributed by atoms with van der Waals surface area (Å²) in [6.45, 7) is 9.16. The van der Waals surface area contributed by atoms with Crippen LogP contribution in [0.15, 0.2) is 12.5 Å². The summed E-state index contributed by atoms with van der Waals surface area (Å²) in [6, 6.07) is 0. The van der Waals surface area contributed by atoms with E-state index in [2.05, 4.69) is 46.9 Å². The van der Waals surface area contributed by atoms with Gasteiger partial charge < -0.3 is 10.7 Å². The highest BCUT2D eigenvalue weighted by molar-refractivity contribution is 7.19. The van der Waals surface area contributed by atoms with Gasteiger partial charge in [0.1, 0.15) is 11.2 Å². The Hall–Kier alpha value is -2.71. The zero-order valence-corrected chi connectivity index (χ0v) is 21.0. The maximum absolute atomic E-state index is 11.3. The summed E-state index contributed by atoms with van der Waals surface area (Å²) < 4.78 is 1.96. The van der Waals surface area contributed by atoms with Crippen molar-refractivity contribution in [2.24, 2.45) is 5.73 Å². The fourth-order valence-corrected chi connectivity index (χ4v) is 7.66. The summed E-state index contributed by atoms with van der Waals surface area (Å²) in [4.78, 5) is 24.7. The summed E-state index contributed by atoms with van der Waals surface area (Å²) in [6.07, 6.45) is 9.37. The smallest absolute Gasteiger partial charge is 0.231 e. The number of hydrogen-bond donors (Lipinski definition) is 2. The molecular weight excluding hydrogens is 444 g/mol. The molecule has 4 aromatic rings. The van der Waals surface area contributed by atoms with E-state index in [0.29, 0.717) is 18.4 Å². The van der Waals surface area contributed by atoms with E-state index < -0.39 is 0 Å². The van der Waals surface area contributed by atoms with Gasteiger partial charge in [0.2, 0.25) is 5.91 Å². The SMILES string of the molecule is Cc1c(C2CCN(CC(N)=O)CC2)sc2[nH]c(-c3cn4ncnc4c4c3CCC4)c(C(C)C)c12. The van der Waals surface area contributed by atoms with Crippen molar-refractivity contribution < 1.29 is 4.79 Å². The highest BCUT2D eigenvalue weighted by Gasteiger charge is 2.30. The van der Waals surface area contributed by atoms with E-state index in [9.17, 15) is 4.79 Å². The zero-order chi connectivity index (χ0) is 23.6. The summed E-state index contributed by atoms with van der Waals surface area (Å²) in [5, 5.41) is 5.89. The third kappa shape index (κ3) is 3.38. The lowest BCUT2D eigenvalue weighted by atomic mass is 9.90. The topological polar surface area (TPSA) is 92.3 Å². The Labute approximate surface area is 203 Å². The van der Waals surface area contributed by atoms with Gasteiger partial charge >= 0.3 is 0 Å². The van der Waals surface area contributed by atoms with Crippen LogP contribution in [0.1, 0.15) is 72.1 Å². The number of hydrogen-bond acceptors (Lipinski definition) is 5. The van der Waals surface area contributed by atoms with Crippen molar-refractivity contribution >= 4 is 33.1 Å². The molecule has 1 aliphatic carbocycles. The van der Waals surface area contributed by atoms with Gasteiger partial charge in [0.15, 0.2) is 5.65 Å². The Morgan fingerprint density at radius 2 is 2.03 bits per heavy atom. The van der Waals surface area contributed by atoms with Crippen LogP contribution >= 0.6 is 11.3 Å². The van der Waals surface area contributed by atoms with E-state index >= 15 is 0 Å². The first-order valence-electron chi connectivity index (χ1n) is 12.4. The number of carbonyl (C=O) groups excluding carboxylic acids is 1. The number of amides is 1. The van der Waals surface area contributed by atoms with Crippen molar-refractivity contribution in [1.82, 2.24) is 24.5 Å². The van der Waals surface area contributed by atoms with Crippen molar-refractivity contribution in [2.45, 2.75) is 64.7 Å². The maximum atomic E-state index is 11.3. The van der Waals surface area contributed by atoms with E-state index in [-0.39, 0.29) is 5.91 Å². The first-order chi connectivity index (χ1) is 16.4. The summed E-state index contributed by atoms with van der Waals surface area (Å²) in [5.74, 6) is 0.726. The second-order valence-corrected chi connectivity index (χ2v) is 11.3. The van der Waals surface area contributed by atoms with Gasteiger partial charge in [-0.1, -0.05) is 13.8 Å². The number of primary amides is 1. The van der Waals surface area contributed by atoms with Gasteiger partial charge in [0, 0.05) is 27.6 Å². The highest BCUT2D eigenvalue weighted by atomic mass is 32.1. The van der Waals surface area contributed by atoms with Crippen molar-refractivity contribution in [3.63, 3.8) is 0 Å². The molecule has 0 saturated carbocycles. The minimum Gasteiger partial charge on any atom is -0.369 e. The molecule has 7 nitrogen and oxygen atoms in total. The van der Waals surface area contributed by atoms with Gasteiger partial charge in [-0.3, -0.25) is 9.69 Å². The molecule has 1 fully saturated rings. The number of nitrogens with zero attached hydrogens (tertiary/aromatic N) is 4. The molecule has 0 spiro atoms. The average molecular weight is 477 g/mol. The van der Waals surface area contributed by atoms with E-state index in [1.165, 1.54) is 55.0 Å². The normalized spacial score (nSPS) is 17.4. The average Bonchev–Trinajstić information content (AvgIpc) is 3.57. The van der Waals surface area contributed by atoms with Crippen LogP contribution in [0, 0.1) is 6.92 Å². The molecule has 3 N–H and O–H groups in total. The van der Waals surface area contributed by atoms with E-state index in [4.69, 9.17) is 5.73 Å². The van der Waals surface area contributed by atoms with Crippen molar-refractivity contribution in [3.05, 3.63) is 39.7 Å². The van der Waals surface area contributed by atoms with Crippen LogP contribution in [0.4, 0.5) is 0 Å². The Bertz CT molecular complexity index is 1400. The molecule has 8 heteroatoms. The number of piperidine rings is 1. The molecule has 1 aliphatic heterocycles. The fourth-order valence-electron chi connectivity index (χ4n) is 6.27. The standard InChI is InChI=1S/C26H32N6OS/c1-14(2)21-22-15(3)24(16-7-9-31(10-8-16)12-20(27)33)34-26(22)30-23(21)19-11-32-25(28-13-29-32)18-6-4-5-17(18)19/h11,13-14,16,30H,4-10,12H2,1-3H3,(H2,27,33). The lowest BCUT2D eigenvalue weighted by molar-refractivity contribution is -0.119. The van der Waals surface area contributed by atoms with Gasteiger partial charge in [-0.05, 0) is 80.6 Å². The van der Waals surface area contributed by atoms with Crippen molar-refractivity contribution in [1.29, 1.82) is 0 Å². The minimum atomic E-state index is -0.233.